The zero-order chi connectivity index (χ0) is 19.1. The molecule has 28 heavy (non-hydrogen) atoms. The van der Waals surface area contributed by atoms with E-state index >= 15 is 0 Å². The molecule has 0 fully saturated rings. The summed E-state index contributed by atoms with van der Waals surface area (Å²) < 4.78 is 3.87. The number of aryl methyl sites for hydroxylation is 1. The number of fused-ring (bicyclic) bond motifs is 2. The fourth-order valence-corrected chi connectivity index (χ4v) is 3.82. The molecule has 5 aromatic rings. The van der Waals surface area contributed by atoms with Crippen molar-refractivity contribution in [2.24, 2.45) is 7.05 Å². The lowest BCUT2D eigenvalue weighted by Gasteiger charge is -2.12. The minimum absolute atomic E-state index is 0.0705. The summed E-state index contributed by atoms with van der Waals surface area (Å²) in [5.41, 5.74) is 5.13. The third-order valence-corrected chi connectivity index (χ3v) is 5.19. The second-order valence-electron chi connectivity index (χ2n) is 7.00. The van der Waals surface area contributed by atoms with Crippen molar-refractivity contribution in [1.82, 2.24) is 14.1 Å². The highest BCUT2D eigenvalue weighted by Crippen LogP contribution is 2.28. The fraction of sp³-hybridized carbons (Fsp3) is 0.0833. The topological polar surface area (TPSA) is 39.8 Å². The third-order valence-electron chi connectivity index (χ3n) is 5.19. The second-order valence-corrected chi connectivity index (χ2v) is 7.00. The molecule has 0 spiro atoms. The summed E-state index contributed by atoms with van der Waals surface area (Å²) in [6.07, 6.45) is 2.00. The largest absolute Gasteiger partial charge is 0.350 e. The van der Waals surface area contributed by atoms with Gasteiger partial charge >= 0.3 is 0 Å². The molecule has 0 aliphatic rings. The van der Waals surface area contributed by atoms with E-state index in [0.29, 0.717) is 12.2 Å². The first-order valence-electron chi connectivity index (χ1n) is 9.30. The van der Waals surface area contributed by atoms with Gasteiger partial charge in [-0.3, -0.25) is 4.79 Å². The van der Waals surface area contributed by atoms with Crippen LogP contribution < -0.4 is 5.56 Å². The summed E-state index contributed by atoms with van der Waals surface area (Å²) >= 11 is 0. The molecule has 2 aromatic heterocycles. The maximum atomic E-state index is 13.5. The van der Waals surface area contributed by atoms with E-state index in [0.717, 1.165) is 33.1 Å². The van der Waals surface area contributed by atoms with E-state index < -0.39 is 0 Å². The number of hydrogen-bond acceptors (Lipinski definition) is 2. The van der Waals surface area contributed by atoms with E-state index in [1.165, 1.54) is 0 Å². The Morgan fingerprint density at radius 2 is 1.50 bits per heavy atom. The SMILES string of the molecule is Cn1cc(-c2nc3ccccc3n(Cc3ccccc3)c2=O)c2ccccc21. The van der Waals surface area contributed by atoms with Crippen molar-refractivity contribution in [1.29, 1.82) is 0 Å². The Labute approximate surface area is 162 Å². The molecule has 0 radical (unpaired) electrons. The van der Waals surface area contributed by atoms with Crippen LogP contribution in [0, 0.1) is 0 Å². The van der Waals surface area contributed by atoms with Gasteiger partial charge in [0, 0.05) is 29.7 Å². The second kappa shape index (κ2) is 6.50. The summed E-state index contributed by atoms with van der Waals surface area (Å²) in [6.45, 7) is 0.514. The number of rotatable bonds is 3. The standard InChI is InChI=1S/C24H19N3O/c1-26-16-19(18-11-5-7-13-21(18)26)23-24(28)27(15-17-9-3-2-4-10-17)22-14-8-6-12-20(22)25-23/h2-14,16H,15H2,1H3. The van der Waals surface area contributed by atoms with E-state index in [1.54, 1.807) is 0 Å². The van der Waals surface area contributed by atoms with Crippen molar-refractivity contribution in [3.63, 3.8) is 0 Å². The zero-order valence-electron chi connectivity index (χ0n) is 15.5. The molecule has 0 atom stereocenters. The van der Waals surface area contributed by atoms with Crippen LogP contribution in [0.3, 0.4) is 0 Å². The summed E-state index contributed by atoms with van der Waals surface area (Å²) in [4.78, 5) is 18.3. The van der Waals surface area contributed by atoms with Crippen LogP contribution in [0.25, 0.3) is 33.2 Å². The molecule has 4 nitrogen and oxygen atoms in total. The number of aromatic nitrogens is 3. The van der Waals surface area contributed by atoms with E-state index in [-0.39, 0.29) is 5.56 Å². The Morgan fingerprint density at radius 3 is 2.32 bits per heavy atom. The van der Waals surface area contributed by atoms with Crippen molar-refractivity contribution in [3.05, 3.63) is 101 Å². The van der Waals surface area contributed by atoms with Crippen molar-refractivity contribution in [2.45, 2.75) is 6.54 Å². The van der Waals surface area contributed by atoms with Gasteiger partial charge < -0.3 is 9.13 Å². The smallest absolute Gasteiger partial charge is 0.277 e. The van der Waals surface area contributed by atoms with Crippen molar-refractivity contribution in [3.8, 4) is 11.3 Å². The molecular weight excluding hydrogens is 346 g/mol. The fourth-order valence-electron chi connectivity index (χ4n) is 3.82. The Kier molecular flexibility index (Phi) is 3.83. The average Bonchev–Trinajstić information content (AvgIpc) is 3.07. The summed E-state index contributed by atoms with van der Waals surface area (Å²) in [5.74, 6) is 0. The van der Waals surface area contributed by atoms with Gasteiger partial charge in [0.1, 0.15) is 5.69 Å². The number of benzene rings is 3. The van der Waals surface area contributed by atoms with E-state index in [9.17, 15) is 4.79 Å². The lowest BCUT2D eigenvalue weighted by molar-refractivity contribution is 0.789. The molecular formula is C24H19N3O. The molecule has 0 saturated heterocycles. The maximum Gasteiger partial charge on any atom is 0.277 e. The molecule has 0 unspecified atom stereocenters. The highest BCUT2D eigenvalue weighted by molar-refractivity contribution is 5.95. The normalized spacial score (nSPS) is 11.3. The van der Waals surface area contributed by atoms with E-state index in [2.05, 4.69) is 6.07 Å². The molecule has 0 bridgehead atoms. The number of hydrogen-bond donors (Lipinski definition) is 0. The van der Waals surface area contributed by atoms with Crippen LogP contribution in [0.15, 0.2) is 89.9 Å². The minimum Gasteiger partial charge on any atom is -0.350 e. The molecule has 0 N–H and O–H groups in total. The van der Waals surface area contributed by atoms with Gasteiger partial charge in [0.2, 0.25) is 0 Å². The van der Waals surface area contributed by atoms with Crippen LogP contribution in [0.1, 0.15) is 5.56 Å². The zero-order valence-corrected chi connectivity index (χ0v) is 15.5. The van der Waals surface area contributed by atoms with Gasteiger partial charge in [-0.25, -0.2) is 4.98 Å². The number of para-hydroxylation sites is 3. The van der Waals surface area contributed by atoms with Gasteiger partial charge in [0.25, 0.3) is 5.56 Å². The summed E-state index contributed by atoms with van der Waals surface area (Å²) in [6, 6.07) is 26.0. The van der Waals surface area contributed by atoms with Gasteiger partial charge in [-0.2, -0.15) is 0 Å². The van der Waals surface area contributed by atoms with Crippen LogP contribution in [0.5, 0.6) is 0 Å². The Balaban J connectivity index is 1.81. The van der Waals surface area contributed by atoms with Gasteiger partial charge in [-0.15, -0.1) is 0 Å². The van der Waals surface area contributed by atoms with Crippen LogP contribution in [-0.4, -0.2) is 14.1 Å². The lowest BCUT2D eigenvalue weighted by atomic mass is 10.1. The lowest BCUT2D eigenvalue weighted by Crippen LogP contribution is -2.24. The van der Waals surface area contributed by atoms with Crippen LogP contribution in [0.4, 0.5) is 0 Å². The first-order valence-corrected chi connectivity index (χ1v) is 9.30. The Hall–Kier alpha value is -3.66. The molecule has 5 rings (SSSR count). The maximum absolute atomic E-state index is 13.5. The monoisotopic (exact) mass is 365 g/mol. The molecule has 3 aromatic carbocycles. The highest BCUT2D eigenvalue weighted by atomic mass is 16.1. The number of nitrogens with zero attached hydrogens (tertiary/aromatic N) is 3. The van der Waals surface area contributed by atoms with Crippen LogP contribution in [0.2, 0.25) is 0 Å². The predicted molar refractivity (Wildman–Crippen MR) is 113 cm³/mol. The quantitative estimate of drug-likeness (QED) is 0.469. The summed E-state index contributed by atoms with van der Waals surface area (Å²) in [5, 5.41) is 1.04. The van der Waals surface area contributed by atoms with Gasteiger partial charge in [0.15, 0.2) is 0 Å². The van der Waals surface area contributed by atoms with Gasteiger partial charge in [0.05, 0.1) is 17.6 Å². The van der Waals surface area contributed by atoms with Gasteiger partial charge in [-0.1, -0.05) is 60.7 Å². The van der Waals surface area contributed by atoms with E-state index in [1.807, 2.05) is 95.2 Å². The highest BCUT2D eigenvalue weighted by Gasteiger charge is 2.17. The Bertz CT molecular complexity index is 1360. The Morgan fingerprint density at radius 1 is 0.821 bits per heavy atom. The average molecular weight is 365 g/mol. The van der Waals surface area contributed by atoms with Crippen LogP contribution >= 0.6 is 0 Å². The molecule has 2 heterocycles. The molecule has 136 valence electrons. The van der Waals surface area contributed by atoms with Gasteiger partial charge in [-0.05, 0) is 23.8 Å². The molecule has 0 saturated carbocycles. The molecule has 0 aliphatic carbocycles. The molecule has 0 amide bonds. The van der Waals surface area contributed by atoms with Crippen molar-refractivity contribution < 1.29 is 0 Å². The predicted octanol–water partition coefficient (Wildman–Crippen LogP) is 4.60. The first kappa shape index (κ1) is 16.5. The molecule has 0 aliphatic heterocycles. The third kappa shape index (κ3) is 2.62. The minimum atomic E-state index is -0.0705. The first-order chi connectivity index (χ1) is 13.7. The van der Waals surface area contributed by atoms with Crippen molar-refractivity contribution >= 4 is 21.9 Å². The van der Waals surface area contributed by atoms with Crippen LogP contribution in [-0.2, 0) is 13.6 Å². The van der Waals surface area contributed by atoms with Crippen molar-refractivity contribution in [2.75, 3.05) is 0 Å². The molecule has 4 heteroatoms. The summed E-state index contributed by atoms with van der Waals surface area (Å²) in [7, 11) is 2.00. The van der Waals surface area contributed by atoms with E-state index in [4.69, 9.17) is 4.98 Å².